The lowest BCUT2D eigenvalue weighted by molar-refractivity contribution is -0.189. The van der Waals surface area contributed by atoms with Crippen LogP contribution in [-0.4, -0.2) is 53.4 Å². The third-order valence-electron chi connectivity index (χ3n) is 16.7. The second-order valence-corrected chi connectivity index (χ2v) is 18.5. The third kappa shape index (κ3) is 4.69. The first-order chi connectivity index (χ1) is 25.5. The minimum Gasteiger partial charge on any atom is -0.428 e. The fourth-order valence-corrected chi connectivity index (χ4v) is 13.8. The van der Waals surface area contributed by atoms with Crippen molar-refractivity contribution in [1.82, 2.24) is 0 Å². The molecule has 0 aromatic rings. The van der Waals surface area contributed by atoms with E-state index in [1.807, 2.05) is 27.7 Å². The van der Waals surface area contributed by atoms with Crippen molar-refractivity contribution in [2.75, 3.05) is 6.79 Å². The fraction of sp³-hybridized carbons (Fsp3) is 0.636. The third-order valence-corrected chi connectivity index (χ3v) is 16.7. The maximum Gasteiger partial charge on any atom is 0.315 e. The fourth-order valence-electron chi connectivity index (χ4n) is 13.8. The molecule has 0 aromatic carbocycles. The molecule has 0 N–H and O–H groups in total. The summed E-state index contributed by atoms with van der Waals surface area (Å²) >= 11 is 0. The average molecular weight is 739 g/mol. The van der Waals surface area contributed by atoms with Crippen LogP contribution in [-0.2, 0) is 47.8 Å². The number of Topliss-reactive ketones (excluding diaryl/α,β-unsaturated/α-hetero) is 4. The Morgan fingerprint density at radius 3 is 1.78 bits per heavy atom. The van der Waals surface area contributed by atoms with Gasteiger partial charge in [-0.05, 0) is 117 Å². The minimum atomic E-state index is -0.930. The largest absolute Gasteiger partial charge is 0.428 e. The monoisotopic (exact) mass is 738 g/mol. The van der Waals surface area contributed by atoms with Crippen molar-refractivity contribution in [2.24, 2.45) is 68.5 Å². The predicted octanol–water partition coefficient (Wildman–Crippen LogP) is 5.76. The Labute approximate surface area is 315 Å². The Morgan fingerprint density at radius 1 is 0.667 bits per heavy atom. The van der Waals surface area contributed by atoms with Gasteiger partial charge in [-0.1, -0.05) is 53.2 Å². The zero-order valence-corrected chi connectivity index (χ0v) is 31.9. The molecule has 54 heavy (non-hydrogen) atoms. The molecule has 0 aliphatic heterocycles. The van der Waals surface area contributed by atoms with Crippen molar-refractivity contribution in [3.05, 3.63) is 47.6 Å². The van der Waals surface area contributed by atoms with Gasteiger partial charge in [-0.15, -0.1) is 0 Å². The molecule has 6 saturated carbocycles. The van der Waals surface area contributed by atoms with Crippen LogP contribution in [0.2, 0.25) is 0 Å². The van der Waals surface area contributed by atoms with Crippen molar-refractivity contribution >= 4 is 46.6 Å². The molecule has 0 heterocycles. The van der Waals surface area contributed by atoms with Gasteiger partial charge in [0.05, 0.1) is 11.3 Å². The van der Waals surface area contributed by atoms with Gasteiger partial charge in [0.15, 0.2) is 11.6 Å². The molecule has 286 valence electrons. The molecule has 0 saturated heterocycles. The molecule has 12 atom stereocenters. The van der Waals surface area contributed by atoms with Crippen molar-refractivity contribution < 1.29 is 47.8 Å². The molecule has 10 heteroatoms. The summed E-state index contributed by atoms with van der Waals surface area (Å²) in [5, 5.41) is 0. The summed E-state index contributed by atoms with van der Waals surface area (Å²) in [4.78, 5) is 107. The summed E-state index contributed by atoms with van der Waals surface area (Å²) in [7, 11) is 0. The summed E-state index contributed by atoms with van der Waals surface area (Å²) in [6.07, 6.45) is 15.1. The van der Waals surface area contributed by atoms with Gasteiger partial charge in [-0.25, -0.2) is 0 Å². The average Bonchev–Trinajstić information content (AvgIpc) is 3.65. The molecule has 0 radical (unpaired) electrons. The topological polar surface area (TPSA) is 155 Å². The molecule has 6 unspecified atom stereocenters. The molecule has 8 aliphatic rings. The van der Waals surface area contributed by atoms with E-state index >= 15 is 0 Å². The molecule has 0 bridgehead atoms. The van der Waals surface area contributed by atoms with Gasteiger partial charge in [0.25, 0.3) is 0 Å². The number of ether oxygens (including phenoxy) is 2. The van der Waals surface area contributed by atoms with Gasteiger partial charge in [0.1, 0.15) is 0 Å². The van der Waals surface area contributed by atoms with E-state index in [0.29, 0.717) is 64.2 Å². The van der Waals surface area contributed by atoms with Crippen molar-refractivity contribution in [3.8, 4) is 0 Å². The highest BCUT2D eigenvalue weighted by Gasteiger charge is 2.70. The van der Waals surface area contributed by atoms with Gasteiger partial charge in [-0.2, -0.15) is 0 Å². The Hall–Kier alpha value is -4.08. The number of fused-ring (bicyclic) bond motifs is 10. The molecule has 8 rings (SSSR count). The smallest absolute Gasteiger partial charge is 0.315 e. The Bertz CT molecular complexity index is 1950. The normalized spacial score (nSPS) is 44.6. The highest BCUT2D eigenvalue weighted by Crippen LogP contribution is 2.70. The molecule has 6 fully saturated rings. The molecule has 0 amide bonds. The van der Waals surface area contributed by atoms with Gasteiger partial charge in [0.2, 0.25) is 29.9 Å². The van der Waals surface area contributed by atoms with E-state index in [0.717, 1.165) is 0 Å². The van der Waals surface area contributed by atoms with Crippen LogP contribution < -0.4 is 0 Å². The maximum atomic E-state index is 14.3. The standard InChI is InChI=1S/C44H50O10/c1-6-14-44(19-13-28-33-27(12-18-43(28,44)5)42(4)16-10-24(46)21-31(42)35(48)37(33)50)39(52)54-22-53-38(51)29-8-7-25-32-26(11-17-40(25,29)2)41(3)15-9-23(45)20-30(41)34(47)36(32)49/h9-10,15-16,20-21,25-29,32-33H,6-8,11-14,17-19,22H2,1-5H3/t25?,26?,27?,28?,29-,32?,33?,40-,41+,42+,43-,44+/m0/s1. The summed E-state index contributed by atoms with van der Waals surface area (Å²) in [6.45, 7) is 9.40. The van der Waals surface area contributed by atoms with Crippen LogP contribution in [0.15, 0.2) is 47.6 Å². The van der Waals surface area contributed by atoms with Crippen LogP contribution in [0.25, 0.3) is 0 Å². The lowest BCUT2D eigenvalue weighted by Crippen LogP contribution is -2.59. The van der Waals surface area contributed by atoms with E-state index in [-0.39, 0.29) is 46.4 Å². The molecule has 10 nitrogen and oxygen atoms in total. The van der Waals surface area contributed by atoms with Crippen LogP contribution in [0.5, 0.6) is 0 Å². The van der Waals surface area contributed by atoms with Crippen molar-refractivity contribution in [1.29, 1.82) is 0 Å². The van der Waals surface area contributed by atoms with Gasteiger partial charge in [0, 0.05) is 33.8 Å². The predicted molar refractivity (Wildman–Crippen MR) is 193 cm³/mol. The Morgan fingerprint density at radius 2 is 1.20 bits per heavy atom. The first kappa shape index (κ1) is 36.9. The number of rotatable bonds is 6. The summed E-state index contributed by atoms with van der Waals surface area (Å²) in [5.41, 5.74) is -3.04. The van der Waals surface area contributed by atoms with Gasteiger partial charge >= 0.3 is 11.9 Å². The maximum absolute atomic E-state index is 14.3. The SMILES string of the molecule is CCC[C@]1(C(=O)OCOC(=O)[C@@H]2CCC3C4C(=O)C(=O)C5=CC(=O)C=C[C@]5(C)C4CC[C@@]32C)CCC2C3C(=O)C(=O)C4=CC(=O)C=C[C@]4(C)C3CC[C@@]21C. The van der Waals surface area contributed by atoms with E-state index in [4.69, 9.17) is 9.47 Å². The second kappa shape index (κ2) is 12.2. The highest BCUT2D eigenvalue weighted by molar-refractivity contribution is 6.47. The summed E-state index contributed by atoms with van der Waals surface area (Å²) in [6, 6.07) is 0. The molecule has 8 aliphatic carbocycles. The van der Waals surface area contributed by atoms with E-state index in [1.54, 1.807) is 12.2 Å². The number of hydrogen-bond donors (Lipinski definition) is 0. The molecule has 0 aromatic heterocycles. The van der Waals surface area contributed by atoms with Gasteiger partial charge < -0.3 is 9.47 Å². The summed E-state index contributed by atoms with van der Waals surface area (Å²) in [5.74, 6) is -6.07. The Balaban J connectivity index is 0.966. The molecule has 0 spiro atoms. The number of carbonyl (C=O) groups excluding carboxylic acids is 8. The first-order valence-electron chi connectivity index (χ1n) is 19.9. The lowest BCUT2D eigenvalue weighted by Gasteiger charge is -2.57. The van der Waals surface area contributed by atoms with Gasteiger partial charge in [-0.3, -0.25) is 38.4 Å². The summed E-state index contributed by atoms with van der Waals surface area (Å²) < 4.78 is 11.6. The van der Waals surface area contributed by atoms with E-state index in [2.05, 4.69) is 6.92 Å². The molecular weight excluding hydrogens is 688 g/mol. The number of ketones is 6. The van der Waals surface area contributed by atoms with Crippen LogP contribution >= 0.6 is 0 Å². The van der Waals surface area contributed by atoms with Crippen LogP contribution in [0.4, 0.5) is 0 Å². The first-order valence-corrected chi connectivity index (χ1v) is 19.9. The highest BCUT2D eigenvalue weighted by atomic mass is 16.7. The van der Waals surface area contributed by atoms with Crippen LogP contribution in [0.1, 0.15) is 98.8 Å². The van der Waals surface area contributed by atoms with Crippen molar-refractivity contribution in [2.45, 2.75) is 98.8 Å². The quantitative estimate of drug-likeness (QED) is 0.187. The van der Waals surface area contributed by atoms with E-state index < -0.39 is 86.7 Å². The molecular formula is C44H50O10. The van der Waals surface area contributed by atoms with E-state index in [9.17, 15) is 38.4 Å². The number of allylic oxidation sites excluding steroid dienone is 8. The second-order valence-electron chi connectivity index (χ2n) is 18.5. The minimum absolute atomic E-state index is 0.153. The van der Waals surface area contributed by atoms with Crippen LogP contribution in [0, 0.1) is 68.5 Å². The zero-order chi connectivity index (χ0) is 38.7. The number of hydrogen-bond acceptors (Lipinski definition) is 10. The zero-order valence-electron chi connectivity index (χ0n) is 31.9. The van der Waals surface area contributed by atoms with Crippen LogP contribution in [0.3, 0.4) is 0 Å². The number of carbonyl (C=O) groups is 8. The Kier molecular flexibility index (Phi) is 8.34. The van der Waals surface area contributed by atoms with E-state index in [1.165, 1.54) is 24.3 Å². The lowest BCUT2D eigenvalue weighted by atomic mass is 9.45. The van der Waals surface area contributed by atoms with Crippen molar-refractivity contribution in [3.63, 3.8) is 0 Å². The number of esters is 2.